The van der Waals surface area contributed by atoms with E-state index in [2.05, 4.69) is 15.2 Å². The van der Waals surface area contributed by atoms with Crippen LogP contribution < -0.4 is 4.74 Å². The molecule has 3 rings (SSSR count). The minimum Gasteiger partial charge on any atom is -0.478 e. The molecule has 0 aromatic carbocycles. The van der Waals surface area contributed by atoms with Gasteiger partial charge in [-0.2, -0.15) is 4.31 Å². The lowest BCUT2D eigenvalue weighted by Gasteiger charge is -2.30. The lowest BCUT2D eigenvalue weighted by Crippen LogP contribution is -2.42. The Balaban J connectivity index is 1.78. The van der Waals surface area contributed by atoms with E-state index in [1.165, 1.54) is 22.6 Å². The summed E-state index contributed by atoms with van der Waals surface area (Å²) in [7, 11) is -3.68. The summed E-state index contributed by atoms with van der Waals surface area (Å²) in [6.45, 7) is 4.57. The van der Waals surface area contributed by atoms with E-state index < -0.39 is 16.1 Å². The number of aromatic nitrogens is 3. The molecule has 1 saturated heterocycles. The maximum atomic E-state index is 12.8. The van der Waals surface area contributed by atoms with Gasteiger partial charge in [0, 0.05) is 26.1 Å². The van der Waals surface area contributed by atoms with Crippen LogP contribution in [0.25, 0.3) is 0 Å². The number of aryl methyl sites for hydroxylation is 1. The molecular formula is C14H18N4O5S. The van der Waals surface area contributed by atoms with Crippen molar-refractivity contribution in [3.63, 3.8) is 0 Å². The van der Waals surface area contributed by atoms with Gasteiger partial charge in [-0.15, -0.1) is 10.2 Å². The predicted molar refractivity (Wildman–Crippen MR) is 81.9 cm³/mol. The maximum absolute atomic E-state index is 12.8. The summed E-state index contributed by atoms with van der Waals surface area (Å²) in [6.07, 6.45) is 0.715. The van der Waals surface area contributed by atoms with Crippen LogP contribution in [0.1, 0.15) is 24.8 Å². The highest BCUT2D eigenvalue weighted by Crippen LogP contribution is 2.26. The Hall–Kier alpha value is -2.04. The molecule has 1 atom stereocenters. The first kappa shape index (κ1) is 16.8. The van der Waals surface area contributed by atoms with Gasteiger partial charge in [0.1, 0.15) is 11.0 Å². The molecule has 24 heavy (non-hydrogen) atoms. The molecule has 0 N–H and O–H groups in total. The molecule has 1 fully saturated rings. The number of pyridine rings is 1. The minimum atomic E-state index is -3.68. The van der Waals surface area contributed by atoms with Gasteiger partial charge < -0.3 is 13.9 Å². The van der Waals surface area contributed by atoms with Crippen LogP contribution >= 0.6 is 0 Å². The second-order valence-electron chi connectivity index (χ2n) is 5.15. The monoisotopic (exact) mass is 354 g/mol. The first-order valence-corrected chi connectivity index (χ1v) is 8.95. The quantitative estimate of drug-likeness (QED) is 0.780. The lowest BCUT2D eigenvalue weighted by atomic mass is 10.3. The van der Waals surface area contributed by atoms with E-state index in [4.69, 9.17) is 13.9 Å². The summed E-state index contributed by atoms with van der Waals surface area (Å²) < 4.78 is 43.0. The van der Waals surface area contributed by atoms with Crippen LogP contribution in [-0.4, -0.2) is 54.2 Å². The van der Waals surface area contributed by atoms with Gasteiger partial charge in [-0.05, 0) is 13.0 Å². The van der Waals surface area contributed by atoms with Crippen molar-refractivity contribution in [1.82, 2.24) is 19.5 Å². The van der Waals surface area contributed by atoms with Gasteiger partial charge in [0.15, 0.2) is 0 Å². The van der Waals surface area contributed by atoms with Crippen LogP contribution in [0.5, 0.6) is 5.88 Å². The van der Waals surface area contributed by atoms with Crippen molar-refractivity contribution in [3.8, 4) is 5.88 Å². The van der Waals surface area contributed by atoms with E-state index in [0.29, 0.717) is 18.4 Å². The Kier molecular flexibility index (Phi) is 4.78. The molecule has 2 aromatic heterocycles. The molecule has 2 aromatic rings. The molecule has 0 amide bonds. The van der Waals surface area contributed by atoms with Crippen molar-refractivity contribution >= 4 is 10.0 Å². The van der Waals surface area contributed by atoms with Crippen LogP contribution in [0, 0.1) is 6.92 Å². The fourth-order valence-electron chi connectivity index (χ4n) is 2.34. The van der Waals surface area contributed by atoms with Gasteiger partial charge in [-0.25, -0.2) is 13.4 Å². The summed E-state index contributed by atoms with van der Waals surface area (Å²) in [5.41, 5.74) is 0. The molecule has 1 aliphatic rings. The maximum Gasteiger partial charge on any atom is 0.246 e. The van der Waals surface area contributed by atoms with Gasteiger partial charge in [-0.1, -0.05) is 0 Å². The first-order chi connectivity index (χ1) is 11.5. The second kappa shape index (κ2) is 6.83. The number of ether oxygens (including phenoxy) is 2. The van der Waals surface area contributed by atoms with E-state index in [1.807, 2.05) is 6.92 Å². The number of nitrogens with zero attached hydrogens (tertiary/aromatic N) is 4. The van der Waals surface area contributed by atoms with E-state index in [-0.39, 0.29) is 30.5 Å². The minimum absolute atomic E-state index is 0.105. The fourth-order valence-corrected chi connectivity index (χ4v) is 3.71. The third-order valence-electron chi connectivity index (χ3n) is 3.49. The summed E-state index contributed by atoms with van der Waals surface area (Å²) >= 11 is 0. The summed E-state index contributed by atoms with van der Waals surface area (Å²) in [5.74, 6) is 1.07. The van der Waals surface area contributed by atoms with Crippen LogP contribution in [-0.2, 0) is 14.8 Å². The molecule has 3 heterocycles. The fraction of sp³-hybridized carbons (Fsp3) is 0.500. The van der Waals surface area contributed by atoms with E-state index in [1.54, 1.807) is 6.92 Å². The SMILES string of the molecule is CCOc1ccc(S(=O)(=O)N2CCO[C@H](c3nnc(C)o3)C2)cn1. The second-order valence-corrected chi connectivity index (χ2v) is 7.08. The molecule has 0 spiro atoms. The van der Waals surface area contributed by atoms with Crippen molar-refractivity contribution in [2.75, 3.05) is 26.3 Å². The number of hydrogen-bond donors (Lipinski definition) is 0. The Bertz CT molecular complexity index is 790. The van der Waals surface area contributed by atoms with E-state index in [9.17, 15) is 8.42 Å². The van der Waals surface area contributed by atoms with Gasteiger partial charge in [0.2, 0.25) is 27.7 Å². The topological polar surface area (TPSA) is 108 Å². The molecule has 1 aliphatic heterocycles. The number of rotatable bonds is 5. The Morgan fingerprint density at radius 1 is 1.38 bits per heavy atom. The predicted octanol–water partition coefficient (Wildman–Crippen LogP) is 0.934. The van der Waals surface area contributed by atoms with Crippen molar-refractivity contribution in [1.29, 1.82) is 0 Å². The third kappa shape index (κ3) is 3.40. The van der Waals surface area contributed by atoms with Crippen molar-refractivity contribution in [2.24, 2.45) is 0 Å². The van der Waals surface area contributed by atoms with Gasteiger partial charge >= 0.3 is 0 Å². The molecule has 10 heteroatoms. The van der Waals surface area contributed by atoms with Gasteiger partial charge in [-0.3, -0.25) is 0 Å². The highest BCUT2D eigenvalue weighted by atomic mass is 32.2. The zero-order chi connectivity index (χ0) is 17.2. The Morgan fingerprint density at radius 3 is 2.83 bits per heavy atom. The average molecular weight is 354 g/mol. The van der Waals surface area contributed by atoms with Crippen LogP contribution in [0.4, 0.5) is 0 Å². The van der Waals surface area contributed by atoms with Gasteiger partial charge in [0.25, 0.3) is 0 Å². The zero-order valence-corrected chi connectivity index (χ0v) is 14.2. The Labute approximate surface area is 139 Å². The highest BCUT2D eigenvalue weighted by molar-refractivity contribution is 7.89. The van der Waals surface area contributed by atoms with E-state index in [0.717, 1.165) is 0 Å². The van der Waals surface area contributed by atoms with Crippen LogP contribution in [0.15, 0.2) is 27.6 Å². The van der Waals surface area contributed by atoms with Crippen molar-refractivity contribution in [2.45, 2.75) is 24.8 Å². The van der Waals surface area contributed by atoms with Gasteiger partial charge in [0.05, 0.1) is 19.4 Å². The van der Waals surface area contributed by atoms with Crippen LogP contribution in [0.2, 0.25) is 0 Å². The molecule has 0 unspecified atom stereocenters. The molecule has 0 aliphatic carbocycles. The smallest absolute Gasteiger partial charge is 0.246 e. The molecular weight excluding hydrogens is 336 g/mol. The number of morpholine rings is 1. The summed E-state index contributed by atoms with van der Waals surface area (Å²) in [6, 6.07) is 3.02. The number of sulfonamides is 1. The highest BCUT2D eigenvalue weighted by Gasteiger charge is 2.34. The molecule has 0 saturated carbocycles. The van der Waals surface area contributed by atoms with E-state index >= 15 is 0 Å². The molecule has 0 radical (unpaired) electrons. The largest absolute Gasteiger partial charge is 0.478 e. The van der Waals surface area contributed by atoms with Crippen molar-refractivity contribution in [3.05, 3.63) is 30.1 Å². The van der Waals surface area contributed by atoms with Crippen LogP contribution in [0.3, 0.4) is 0 Å². The standard InChI is InChI=1S/C14H18N4O5S/c1-3-21-13-5-4-11(8-15-13)24(19,20)18-6-7-22-12(9-18)14-17-16-10(2)23-14/h4-5,8,12H,3,6-7,9H2,1-2H3/t12-/m0/s1. The summed E-state index contributed by atoms with van der Waals surface area (Å²) in [4.78, 5) is 4.11. The normalized spacial score (nSPS) is 19.3. The third-order valence-corrected chi connectivity index (χ3v) is 5.33. The number of hydrogen-bond acceptors (Lipinski definition) is 8. The lowest BCUT2D eigenvalue weighted by molar-refractivity contribution is -0.0176. The first-order valence-electron chi connectivity index (χ1n) is 7.51. The summed E-state index contributed by atoms with van der Waals surface area (Å²) in [5, 5.41) is 7.64. The molecule has 130 valence electrons. The molecule has 9 nitrogen and oxygen atoms in total. The Morgan fingerprint density at radius 2 is 2.21 bits per heavy atom. The average Bonchev–Trinajstić information content (AvgIpc) is 3.02. The zero-order valence-electron chi connectivity index (χ0n) is 13.4. The molecule has 0 bridgehead atoms. The van der Waals surface area contributed by atoms with Crippen molar-refractivity contribution < 1.29 is 22.3 Å².